The molecule has 2 aromatic heterocycles. The monoisotopic (exact) mass is 238 g/mol. The molecular formula is C9H11ClN6. The Hall–Kier alpha value is -1.50. The molecule has 0 aliphatic heterocycles. The number of halogens is 1. The van der Waals surface area contributed by atoms with Gasteiger partial charge in [-0.1, -0.05) is 11.6 Å². The van der Waals surface area contributed by atoms with E-state index in [0.29, 0.717) is 5.02 Å². The van der Waals surface area contributed by atoms with Crippen molar-refractivity contribution in [3.8, 4) is 0 Å². The number of hydrogen-bond donors (Lipinski definition) is 2. The predicted octanol–water partition coefficient (Wildman–Crippen LogP) is 0.416. The summed E-state index contributed by atoms with van der Waals surface area (Å²) in [4.78, 5) is 7.89. The Bertz CT molecular complexity index is 449. The Labute approximate surface area is 97.4 Å². The van der Waals surface area contributed by atoms with Crippen molar-refractivity contribution >= 4 is 11.6 Å². The first-order valence-corrected chi connectivity index (χ1v) is 5.00. The Balaban J connectivity index is 2.45. The van der Waals surface area contributed by atoms with E-state index < -0.39 is 0 Å². The van der Waals surface area contributed by atoms with Gasteiger partial charge in [0.25, 0.3) is 0 Å². The highest BCUT2D eigenvalue weighted by Crippen LogP contribution is 2.26. The summed E-state index contributed by atoms with van der Waals surface area (Å²) in [7, 11) is 1.80. The van der Waals surface area contributed by atoms with Gasteiger partial charge in [0, 0.05) is 25.0 Å². The zero-order valence-corrected chi connectivity index (χ0v) is 9.39. The van der Waals surface area contributed by atoms with Crippen molar-refractivity contribution in [3.05, 3.63) is 41.2 Å². The molecule has 2 rings (SSSR count). The maximum atomic E-state index is 6.05. The molecule has 0 aliphatic rings. The van der Waals surface area contributed by atoms with Crippen LogP contribution in [0.15, 0.2) is 24.9 Å². The summed E-state index contributed by atoms with van der Waals surface area (Å²) in [5, 5.41) is 4.61. The van der Waals surface area contributed by atoms with Gasteiger partial charge in [0.15, 0.2) is 0 Å². The number of hydrogen-bond acceptors (Lipinski definition) is 5. The highest BCUT2D eigenvalue weighted by Gasteiger charge is 2.20. The second kappa shape index (κ2) is 4.56. The normalized spacial score (nSPS) is 12.7. The molecule has 6 nitrogen and oxygen atoms in total. The number of nitrogens with zero attached hydrogens (tertiary/aromatic N) is 4. The third kappa shape index (κ3) is 1.90. The number of aromatic nitrogens is 4. The van der Waals surface area contributed by atoms with Gasteiger partial charge in [-0.2, -0.15) is 5.10 Å². The molecule has 0 saturated heterocycles. The third-order valence-corrected chi connectivity index (χ3v) is 2.58. The van der Waals surface area contributed by atoms with Crippen LogP contribution in [0.2, 0.25) is 5.02 Å². The summed E-state index contributed by atoms with van der Waals surface area (Å²) >= 11 is 6.05. The zero-order valence-electron chi connectivity index (χ0n) is 8.63. The Kier molecular flexibility index (Phi) is 3.14. The lowest BCUT2D eigenvalue weighted by Gasteiger charge is -2.16. The van der Waals surface area contributed by atoms with E-state index >= 15 is 0 Å². The van der Waals surface area contributed by atoms with Crippen molar-refractivity contribution in [1.29, 1.82) is 0 Å². The van der Waals surface area contributed by atoms with Crippen LogP contribution in [0, 0.1) is 0 Å². The summed E-state index contributed by atoms with van der Waals surface area (Å²) in [5.41, 5.74) is 4.28. The van der Waals surface area contributed by atoms with Gasteiger partial charge in [0.1, 0.15) is 6.33 Å². The van der Waals surface area contributed by atoms with Gasteiger partial charge in [-0.15, -0.1) is 0 Å². The fourth-order valence-electron chi connectivity index (χ4n) is 1.54. The number of hydrazine groups is 1. The van der Waals surface area contributed by atoms with E-state index in [9.17, 15) is 0 Å². The summed E-state index contributed by atoms with van der Waals surface area (Å²) in [5.74, 6) is 5.53. The topological polar surface area (TPSA) is 81.7 Å². The van der Waals surface area contributed by atoms with Crippen molar-refractivity contribution in [3.63, 3.8) is 0 Å². The minimum Gasteiger partial charge on any atom is -0.271 e. The van der Waals surface area contributed by atoms with Crippen molar-refractivity contribution < 1.29 is 0 Å². The zero-order chi connectivity index (χ0) is 11.5. The van der Waals surface area contributed by atoms with Gasteiger partial charge in [-0.3, -0.25) is 10.5 Å². The SMILES string of the molecule is Cn1ncc(Cl)c1C(NN)c1cncnc1. The number of aryl methyl sites for hydroxylation is 1. The van der Waals surface area contributed by atoms with Gasteiger partial charge in [-0.25, -0.2) is 15.4 Å². The summed E-state index contributed by atoms with van der Waals surface area (Å²) in [6.45, 7) is 0. The van der Waals surface area contributed by atoms with Gasteiger partial charge in [-0.05, 0) is 0 Å². The molecule has 3 N–H and O–H groups in total. The molecule has 0 spiro atoms. The van der Waals surface area contributed by atoms with E-state index in [4.69, 9.17) is 17.4 Å². The molecular weight excluding hydrogens is 228 g/mol. The van der Waals surface area contributed by atoms with Crippen LogP contribution in [0.4, 0.5) is 0 Å². The molecule has 7 heteroatoms. The standard InChI is InChI=1S/C9H11ClN6/c1-16-9(7(10)4-14-16)8(15-11)6-2-12-5-13-3-6/h2-5,8,15H,11H2,1H3. The van der Waals surface area contributed by atoms with Crippen LogP contribution >= 0.6 is 11.6 Å². The molecule has 1 unspecified atom stereocenters. The summed E-state index contributed by atoms with van der Waals surface area (Å²) in [6.07, 6.45) is 6.40. The van der Waals surface area contributed by atoms with Crippen LogP contribution in [-0.4, -0.2) is 19.7 Å². The second-order valence-electron chi connectivity index (χ2n) is 3.27. The fraction of sp³-hybridized carbons (Fsp3) is 0.222. The number of nitrogens with one attached hydrogen (secondary N) is 1. The maximum absolute atomic E-state index is 6.05. The Morgan fingerprint density at radius 1 is 1.38 bits per heavy atom. The second-order valence-corrected chi connectivity index (χ2v) is 3.68. The molecule has 0 saturated carbocycles. The molecule has 0 radical (unpaired) electrons. The number of rotatable bonds is 3. The first-order chi connectivity index (χ1) is 7.74. The Morgan fingerprint density at radius 2 is 2.06 bits per heavy atom. The van der Waals surface area contributed by atoms with Crippen LogP contribution in [0.5, 0.6) is 0 Å². The highest BCUT2D eigenvalue weighted by atomic mass is 35.5. The maximum Gasteiger partial charge on any atom is 0.115 e. The van der Waals surface area contributed by atoms with E-state index in [0.717, 1.165) is 11.3 Å². The molecule has 0 aliphatic carbocycles. The molecule has 0 bridgehead atoms. The van der Waals surface area contributed by atoms with Gasteiger partial charge in [0.2, 0.25) is 0 Å². The molecule has 0 fully saturated rings. The average molecular weight is 239 g/mol. The first kappa shape index (κ1) is 11.0. The van der Waals surface area contributed by atoms with E-state index in [1.165, 1.54) is 6.33 Å². The molecule has 0 aromatic carbocycles. The third-order valence-electron chi connectivity index (χ3n) is 2.29. The first-order valence-electron chi connectivity index (χ1n) is 4.62. The van der Waals surface area contributed by atoms with Gasteiger partial charge in [0.05, 0.1) is 23.0 Å². The summed E-state index contributed by atoms with van der Waals surface area (Å²) < 4.78 is 1.67. The minimum absolute atomic E-state index is 0.277. The number of nitrogens with two attached hydrogens (primary N) is 1. The molecule has 0 amide bonds. The van der Waals surface area contributed by atoms with Crippen LogP contribution < -0.4 is 11.3 Å². The highest BCUT2D eigenvalue weighted by molar-refractivity contribution is 6.31. The van der Waals surface area contributed by atoms with Gasteiger partial charge < -0.3 is 0 Å². The lowest BCUT2D eigenvalue weighted by atomic mass is 10.1. The largest absolute Gasteiger partial charge is 0.271 e. The Morgan fingerprint density at radius 3 is 2.56 bits per heavy atom. The lowest BCUT2D eigenvalue weighted by molar-refractivity contribution is 0.572. The predicted molar refractivity (Wildman–Crippen MR) is 59.4 cm³/mol. The van der Waals surface area contributed by atoms with E-state index in [-0.39, 0.29) is 6.04 Å². The van der Waals surface area contributed by atoms with Crippen LogP contribution in [0.1, 0.15) is 17.3 Å². The van der Waals surface area contributed by atoms with Crippen molar-refractivity contribution in [2.24, 2.45) is 12.9 Å². The van der Waals surface area contributed by atoms with Crippen molar-refractivity contribution in [1.82, 2.24) is 25.2 Å². The molecule has 16 heavy (non-hydrogen) atoms. The molecule has 84 valence electrons. The van der Waals surface area contributed by atoms with E-state index in [2.05, 4.69) is 20.5 Å². The molecule has 2 aromatic rings. The quantitative estimate of drug-likeness (QED) is 0.598. The van der Waals surface area contributed by atoms with Crippen molar-refractivity contribution in [2.75, 3.05) is 0 Å². The fourth-order valence-corrected chi connectivity index (χ4v) is 1.81. The van der Waals surface area contributed by atoms with Crippen LogP contribution in [0.25, 0.3) is 0 Å². The van der Waals surface area contributed by atoms with Crippen LogP contribution in [-0.2, 0) is 7.05 Å². The minimum atomic E-state index is -0.277. The smallest absolute Gasteiger partial charge is 0.115 e. The lowest BCUT2D eigenvalue weighted by Crippen LogP contribution is -2.30. The van der Waals surface area contributed by atoms with Crippen molar-refractivity contribution in [2.45, 2.75) is 6.04 Å². The van der Waals surface area contributed by atoms with E-state index in [1.807, 2.05) is 0 Å². The molecule has 2 heterocycles. The average Bonchev–Trinajstić information content (AvgIpc) is 2.63. The van der Waals surface area contributed by atoms with Gasteiger partial charge >= 0.3 is 0 Å². The summed E-state index contributed by atoms with van der Waals surface area (Å²) in [6, 6.07) is -0.277. The van der Waals surface area contributed by atoms with Crippen LogP contribution in [0.3, 0.4) is 0 Å². The van der Waals surface area contributed by atoms with E-state index in [1.54, 1.807) is 30.3 Å². The molecule has 1 atom stereocenters.